The van der Waals surface area contributed by atoms with Crippen LogP contribution in [0.3, 0.4) is 0 Å². The Bertz CT molecular complexity index is 1030. The number of thiazole rings is 1. The van der Waals surface area contributed by atoms with Gasteiger partial charge in [-0.1, -0.05) is 22.6 Å². The van der Waals surface area contributed by atoms with Gasteiger partial charge in [0.1, 0.15) is 12.2 Å². The molecule has 4 rings (SSSR count). The number of hydrogen-bond donors (Lipinski definition) is 0. The van der Waals surface area contributed by atoms with Crippen molar-refractivity contribution in [2.45, 2.75) is 39.2 Å². The van der Waals surface area contributed by atoms with Crippen molar-refractivity contribution in [3.05, 3.63) is 50.5 Å². The van der Waals surface area contributed by atoms with Gasteiger partial charge >= 0.3 is 4.87 Å². The lowest BCUT2D eigenvalue weighted by Gasteiger charge is -2.30. The molecule has 0 N–H and O–H groups in total. The van der Waals surface area contributed by atoms with Crippen LogP contribution in [0.25, 0.3) is 11.5 Å². The number of piperidine rings is 1. The summed E-state index contributed by atoms with van der Waals surface area (Å²) in [5.74, 6) is 1.17. The summed E-state index contributed by atoms with van der Waals surface area (Å²) >= 11 is 1.19. The molecule has 0 unspecified atom stereocenters. The molecule has 1 fully saturated rings. The monoisotopic (exact) mass is 399 g/mol. The van der Waals surface area contributed by atoms with Crippen LogP contribution in [-0.2, 0) is 11.3 Å². The highest BCUT2D eigenvalue weighted by Gasteiger charge is 2.28. The van der Waals surface area contributed by atoms with E-state index in [2.05, 4.69) is 15.1 Å². The zero-order chi connectivity index (χ0) is 19.7. The summed E-state index contributed by atoms with van der Waals surface area (Å²) < 4.78 is 7.00. The molecule has 8 nitrogen and oxygen atoms in total. The van der Waals surface area contributed by atoms with Crippen LogP contribution in [0.15, 0.2) is 33.7 Å². The quantitative estimate of drug-likeness (QED) is 0.669. The molecule has 1 amide bonds. The Morgan fingerprint density at radius 3 is 2.71 bits per heavy atom. The summed E-state index contributed by atoms with van der Waals surface area (Å²) in [6, 6.07) is 5.56. The highest BCUT2D eigenvalue weighted by molar-refractivity contribution is 7.09. The molecule has 1 aliphatic rings. The van der Waals surface area contributed by atoms with Crippen LogP contribution in [0.2, 0.25) is 0 Å². The van der Waals surface area contributed by atoms with E-state index in [1.165, 1.54) is 11.3 Å². The first-order valence-corrected chi connectivity index (χ1v) is 10.0. The van der Waals surface area contributed by atoms with Crippen molar-refractivity contribution in [2.24, 2.45) is 0 Å². The Kier molecular flexibility index (Phi) is 5.08. The number of pyridine rings is 1. The van der Waals surface area contributed by atoms with Gasteiger partial charge in [0.25, 0.3) is 0 Å². The minimum Gasteiger partial charge on any atom is -0.341 e. The third-order valence-corrected chi connectivity index (χ3v) is 6.20. The predicted molar refractivity (Wildman–Crippen MR) is 104 cm³/mol. The Hall–Kier alpha value is -2.81. The average Bonchev–Trinajstić information content (AvgIpc) is 3.30. The minimum atomic E-state index is -0.0776. The maximum absolute atomic E-state index is 12.6. The van der Waals surface area contributed by atoms with Crippen molar-refractivity contribution in [1.29, 1.82) is 0 Å². The van der Waals surface area contributed by atoms with Crippen LogP contribution < -0.4 is 4.87 Å². The van der Waals surface area contributed by atoms with E-state index in [0.717, 1.165) is 23.4 Å². The summed E-state index contributed by atoms with van der Waals surface area (Å²) in [5.41, 5.74) is 1.54. The van der Waals surface area contributed by atoms with Crippen LogP contribution in [-0.4, -0.2) is 43.6 Å². The smallest absolute Gasteiger partial charge is 0.308 e. The van der Waals surface area contributed by atoms with Crippen LogP contribution >= 0.6 is 11.3 Å². The first-order valence-electron chi connectivity index (χ1n) is 9.22. The van der Waals surface area contributed by atoms with Gasteiger partial charge in [0, 0.05) is 35.8 Å². The maximum Gasteiger partial charge on any atom is 0.308 e. The zero-order valence-electron chi connectivity index (χ0n) is 15.8. The number of likely N-dealkylation sites (tertiary alicyclic amines) is 1. The minimum absolute atomic E-state index is 0.0267. The zero-order valence-corrected chi connectivity index (χ0v) is 16.6. The molecular formula is C19H21N5O3S. The van der Waals surface area contributed by atoms with E-state index < -0.39 is 0 Å². The third kappa shape index (κ3) is 3.62. The SMILES string of the molecule is Cc1sc(=O)n(CC(=O)N2CCC(c3nc(-c4ccccn4)no3)CC2)c1C. The van der Waals surface area contributed by atoms with Crippen LogP contribution in [0.4, 0.5) is 0 Å². The number of carbonyl (C=O) groups excluding carboxylic acids is 1. The van der Waals surface area contributed by atoms with Gasteiger partial charge < -0.3 is 9.42 Å². The van der Waals surface area contributed by atoms with Crippen LogP contribution in [0.5, 0.6) is 0 Å². The Labute approximate surface area is 165 Å². The lowest BCUT2D eigenvalue weighted by Crippen LogP contribution is -2.40. The number of nitrogens with zero attached hydrogens (tertiary/aromatic N) is 5. The van der Waals surface area contributed by atoms with E-state index >= 15 is 0 Å². The second-order valence-electron chi connectivity index (χ2n) is 6.92. The molecule has 28 heavy (non-hydrogen) atoms. The second kappa shape index (κ2) is 7.67. The molecule has 0 atom stereocenters. The standard InChI is InChI=1S/C19H21N5O3S/c1-12-13(2)28-19(26)24(12)11-16(25)23-9-6-14(7-10-23)18-21-17(22-27-18)15-5-3-4-8-20-15/h3-5,8,14H,6-7,9-11H2,1-2H3. The van der Waals surface area contributed by atoms with E-state index in [1.54, 1.807) is 10.8 Å². The van der Waals surface area contributed by atoms with Crippen molar-refractivity contribution in [1.82, 2.24) is 24.6 Å². The maximum atomic E-state index is 12.6. The third-order valence-electron chi connectivity index (χ3n) is 5.20. The molecule has 0 saturated carbocycles. The molecule has 4 heterocycles. The molecule has 0 aromatic carbocycles. The van der Waals surface area contributed by atoms with Gasteiger partial charge in [-0.15, -0.1) is 0 Å². The normalized spacial score (nSPS) is 15.1. The van der Waals surface area contributed by atoms with Gasteiger partial charge in [-0.05, 0) is 38.8 Å². The largest absolute Gasteiger partial charge is 0.341 e. The fraction of sp³-hybridized carbons (Fsp3) is 0.421. The number of aryl methyl sites for hydroxylation is 1. The topological polar surface area (TPSA) is 94.1 Å². The van der Waals surface area contributed by atoms with E-state index in [-0.39, 0.29) is 23.2 Å². The molecule has 146 valence electrons. The molecule has 0 radical (unpaired) electrons. The molecule has 0 aliphatic carbocycles. The summed E-state index contributed by atoms with van der Waals surface area (Å²) in [6.45, 7) is 5.10. The van der Waals surface area contributed by atoms with E-state index in [0.29, 0.717) is 30.5 Å². The molecule has 3 aromatic heterocycles. The Morgan fingerprint density at radius 1 is 1.29 bits per heavy atom. The van der Waals surface area contributed by atoms with Gasteiger partial charge in [0.15, 0.2) is 0 Å². The van der Waals surface area contributed by atoms with Crippen molar-refractivity contribution in [2.75, 3.05) is 13.1 Å². The Morgan fingerprint density at radius 2 is 2.07 bits per heavy atom. The van der Waals surface area contributed by atoms with Crippen molar-refractivity contribution in [3.8, 4) is 11.5 Å². The summed E-state index contributed by atoms with van der Waals surface area (Å²) in [7, 11) is 0. The van der Waals surface area contributed by atoms with E-state index in [1.807, 2.05) is 36.9 Å². The Balaban J connectivity index is 1.38. The first-order chi connectivity index (χ1) is 13.5. The number of amides is 1. The molecule has 1 saturated heterocycles. The molecule has 1 aliphatic heterocycles. The molecule has 0 spiro atoms. The number of carbonyl (C=O) groups is 1. The first kappa shape index (κ1) is 18.5. The van der Waals surface area contributed by atoms with Gasteiger partial charge in [0.05, 0.1) is 0 Å². The van der Waals surface area contributed by atoms with Gasteiger partial charge in [-0.25, -0.2) is 0 Å². The second-order valence-corrected chi connectivity index (χ2v) is 8.09. The van der Waals surface area contributed by atoms with E-state index in [9.17, 15) is 9.59 Å². The van der Waals surface area contributed by atoms with Gasteiger partial charge in [-0.3, -0.25) is 19.1 Å². The van der Waals surface area contributed by atoms with Crippen molar-refractivity contribution in [3.63, 3.8) is 0 Å². The van der Waals surface area contributed by atoms with Crippen molar-refractivity contribution < 1.29 is 9.32 Å². The highest BCUT2D eigenvalue weighted by Crippen LogP contribution is 2.28. The summed E-state index contributed by atoms with van der Waals surface area (Å²) in [5, 5.41) is 4.03. The molecule has 3 aromatic rings. The number of rotatable bonds is 4. The average molecular weight is 399 g/mol. The summed E-state index contributed by atoms with van der Waals surface area (Å²) in [6.07, 6.45) is 3.20. The van der Waals surface area contributed by atoms with Crippen LogP contribution in [0, 0.1) is 13.8 Å². The number of hydrogen-bond acceptors (Lipinski definition) is 7. The van der Waals surface area contributed by atoms with Gasteiger partial charge in [-0.2, -0.15) is 4.98 Å². The predicted octanol–water partition coefficient (Wildman–Crippen LogP) is 2.38. The van der Waals surface area contributed by atoms with Gasteiger partial charge in [0.2, 0.25) is 17.6 Å². The summed E-state index contributed by atoms with van der Waals surface area (Å²) in [4.78, 5) is 36.0. The van der Waals surface area contributed by atoms with Crippen LogP contribution in [0.1, 0.15) is 35.2 Å². The van der Waals surface area contributed by atoms with Crippen molar-refractivity contribution >= 4 is 17.2 Å². The lowest BCUT2D eigenvalue weighted by molar-refractivity contribution is -0.133. The number of aromatic nitrogens is 4. The fourth-order valence-corrected chi connectivity index (χ4v) is 4.21. The molecular weight excluding hydrogens is 378 g/mol. The van der Waals surface area contributed by atoms with E-state index in [4.69, 9.17) is 4.52 Å². The molecule has 9 heteroatoms. The molecule has 0 bridgehead atoms. The highest BCUT2D eigenvalue weighted by atomic mass is 32.1. The fourth-order valence-electron chi connectivity index (χ4n) is 3.38. The lowest BCUT2D eigenvalue weighted by atomic mass is 9.96.